The van der Waals surface area contributed by atoms with Crippen LogP contribution in [0.1, 0.15) is 22.3 Å². The molecule has 18 heteroatoms. The highest BCUT2D eigenvalue weighted by Crippen LogP contribution is 2.39. The molecule has 0 fully saturated rings. The van der Waals surface area contributed by atoms with Crippen molar-refractivity contribution in [3.8, 4) is 23.0 Å². The number of nitrogens with one attached hydrogen (secondary N) is 2. The average Bonchev–Trinajstić information content (AvgIpc) is 3.04. The fourth-order valence-corrected chi connectivity index (χ4v) is 3.79. The van der Waals surface area contributed by atoms with E-state index in [1.165, 1.54) is 24.5 Å². The second kappa shape index (κ2) is 20.8. The number of hydrogen-bond donors (Lipinski definition) is 4. The first-order chi connectivity index (χ1) is 22.9. The third-order valence-electron chi connectivity index (χ3n) is 5.70. The lowest BCUT2D eigenvalue weighted by Crippen LogP contribution is -2.09. The van der Waals surface area contributed by atoms with Crippen LogP contribution in [0.5, 0.6) is 23.0 Å². The summed E-state index contributed by atoms with van der Waals surface area (Å²) < 4.78 is 46.4. The number of aromatic hydroxyl groups is 2. The summed E-state index contributed by atoms with van der Waals surface area (Å²) in [6.45, 7) is 5.26. The summed E-state index contributed by atoms with van der Waals surface area (Å²) in [6.07, 6.45) is 2.60. The van der Waals surface area contributed by atoms with Gasteiger partial charge < -0.3 is 29.7 Å². The van der Waals surface area contributed by atoms with Crippen molar-refractivity contribution >= 4 is 46.4 Å². The number of halogens is 7. The van der Waals surface area contributed by atoms with Gasteiger partial charge in [-0.15, -0.1) is 0 Å². The second-order valence-corrected chi connectivity index (χ2v) is 10.5. The molecule has 0 spiro atoms. The Morgan fingerprint density at radius 1 is 0.694 bits per heavy atom. The van der Waals surface area contributed by atoms with Crippen molar-refractivity contribution in [1.82, 2.24) is 24.9 Å². The number of ether oxygens (including phenoxy) is 2. The monoisotopic (exact) mass is 765 g/mol. The van der Waals surface area contributed by atoms with Crippen LogP contribution < -0.4 is 20.6 Å². The van der Waals surface area contributed by atoms with Crippen LogP contribution in [0, 0.1) is 20.8 Å². The predicted octanol–water partition coefficient (Wildman–Crippen LogP) is 7.98. The van der Waals surface area contributed by atoms with Crippen LogP contribution in [-0.2, 0) is 6.18 Å². The van der Waals surface area contributed by atoms with Crippen LogP contribution in [0.15, 0.2) is 77.0 Å². The number of alkyl halides is 3. The molecule has 0 saturated carbocycles. The number of nitrogens with zero attached hydrogens (tertiary/aromatic N) is 3. The van der Waals surface area contributed by atoms with E-state index in [4.69, 9.17) is 61.4 Å². The highest BCUT2D eigenvalue weighted by Gasteiger charge is 2.37. The van der Waals surface area contributed by atoms with Crippen molar-refractivity contribution in [1.29, 1.82) is 0 Å². The van der Waals surface area contributed by atoms with Gasteiger partial charge in [-0.25, -0.2) is 15.0 Å². The SMILES string of the molecule is COc1ccnc(Cl)c1C.COc1ccnc(Cl)c1C(F)(F)F.Cc1c(Cl)ccnc1Cl.Cc1c(O)cc[nH]c1=O.O=c1cc(O)cc[nH]1. The lowest BCUT2D eigenvalue weighted by molar-refractivity contribution is -0.138. The van der Waals surface area contributed by atoms with Crippen molar-refractivity contribution in [2.24, 2.45) is 0 Å². The largest absolute Gasteiger partial charge is 0.508 e. The van der Waals surface area contributed by atoms with E-state index in [-0.39, 0.29) is 28.4 Å². The van der Waals surface area contributed by atoms with Gasteiger partial charge in [0, 0.05) is 53.2 Å². The van der Waals surface area contributed by atoms with Gasteiger partial charge in [0.25, 0.3) is 11.1 Å². The predicted molar refractivity (Wildman–Crippen MR) is 183 cm³/mol. The highest BCUT2D eigenvalue weighted by molar-refractivity contribution is 6.35. The average molecular weight is 767 g/mol. The fourth-order valence-electron chi connectivity index (χ4n) is 3.03. The van der Waals surface area contributed by atoms with Crippen molar-refractivity contribution in [3.63, 3.8) is 0 Å². The topological polar surface area (TPSA) is 163 Å². The summed E-state index contributed by atoms with van der Waals surface area (Å²) in [4.78, 5) is 36.7. The van der Waals surface area contributed by atoms with Crippen LogP contribution in [-0.4, -0.2) is 49.4 Å². The molecule has 0 amide bonds. The minimum atomic E-state index is -4.54. The van der Waals surface area contributed by atoms with Gasteiger partial charge in [0.05, 0.1) is 19.8 Å². The van der Waals surface area contributed by atoms with Gasteiger partial charge in [-0.2, -0.15) is 13.2 Å². The number of aromatic amines is 2. The van der Waals surface area contributed by atoms with Crippen LogP contribution in [0.3, 0.4) is 0 Å². The zero-order valence-corrected chi connectivity index (χ0v) is 29.4. The Labute approximate surface area is 298 Å². The number of rotatable bonds is 2. The minimum absolute atomic E-state index is 0.00579. The molecule has 5 aromatic rings. The zero-order valence-electron chi connectivity index (χ0n) is 26.4. The van der Waals surface area contributed by atoms with Gasteiger partial charge in [-0.3, -0.25) is 9.59 Å². The molecule has 5 rings (SSSR count). The molecule has 0 radical (unpaired) electrons. The fraction of sp³-hybridized carbons (Fsp3) is 0.194. The molecule has 0 aliphatic carbocycles. The first-order valence-electron chi connectivity index (χ1n) is 13.4. The van der Waals surface area contributed by atoms with Crippen LogP contribution in [0.4, 0.5) is 13.2 Å². The summed E-state index contributed by atoms with van der Waals surface area (Å²) in [6, 6.07) is 8.55. The van der Waals surface area contributed by atoms with E-state index >= 15 is 0 Å². The van der Waals surface area contributed by atoms with Crippen LogP contribution >= 0.6 is 46.4 Å². The molecule has 11 nitrogen and oxygen atoms in total. The minimum Gasteiger partial charge on any atom is -0.508 e. The van der Waals surface area contributed by atoms with E-state index in [1.807, 2.05) is 13.8 Å². The lowest BCUT2D eigenvalue weighted by Gasteiger charge is -2.11. The molecule has 0 atom stereocenters. The zero-order chi connectivity index (χ0) is 37.3. The molecule has 0 saturated heterocycles. The Hall–Kier alpha value is -4.50. The summed E-state index contributed by atoms with van der Waals surface area (Å²) in [5.74, 6) is 0.486. The summed E-state index contributed by atoms with van der Waals surface area (Å²) in [7, 11) is 2.75. The number of methoxy groups -OCH3 is 2. The van der Waals surface area contributed by atoms with Gasteiger partial charge in [0.2, 0.25) is 0 Å². The summed E-state index contributed by atoms with van der Waals surface area (Å²) in [5.41, 5.74) is 0.504. The van der Waals surface area contributed by atoms with Crippen molar-refractivity contribution in [2.45, 2.75) is 26.9 Å². The summed E-state index contributed by atoms with van der Waals surface area (Å²) in [5, 5.41) is 18.5. The van der Waals surface area contributed by atoms with Crippen LogP contribution in [0.2, 0.25) is 20.5 Å². The number of H-pyrrole nitrogens is 2. The van der Waals surface area contributed by atoms with E-state index in [9.17, 15) is 22.8 Å². The van der Waals surface area contributed by atoms with E-state index in [1.54, 1.807) is 38.6 Å². The Kier molecular flexibility index (Phi) is 18.0. The maximum absolute atomic E-state index is 12.3. The van der Waals surface area contributed by atoms with Crippen LogP contribution in [0.25, 0.3) is 0 Å². The van der Waals surface area contributed by atoms with Gasteiger partial charge in [0.1, 0.15) is 44.0 Å². The second-order valence-electron chi connectivity index (χ2n) is 9.04. The molecule has 0 unspecified atom stereocenters. The lowest BCUT2D eigenvalue weighted by atomic mass is 10.2. The third kappa shape index (κ3) is 14.7. The Morgan fingerprint density at radius 3 is 1.59 bits per heavy atom. The molecule has 264 valence electrons. The normalized spacial score (nSPS) is 9.96. The molecule has 5 aromatic heterocycles. The molecular weight excluding hydrogens is 737 g/mol. The molecule has 0 aromatic carbocycles. The smallest absolute Gasteiger partial charge is 0.422 e. The first-order valence-corrected chi connectivity index (χ1v) is 14.9. The molecule has 4 N–H and O–H groups in total. The number of hydrogen-bond acceptors (Lipinski definition) is 9. The van der Waals surface area contributed by atoms with Gasteiger partial charge in [0.15, 0.2) is 0 Å². The van der Waals surface area contributed by atoms with Crippen molar-refractivity contribution in [2.75, 3.05) is 14.2 Å². The van der Waals surface area contributed by atoms with Crippen molar-refractivity contribution < 1.29 is 32.9 Å². The van der Waals surface area contributed by atoms with E-state index < -0.39 is 16.9 Å². The molecule has 49 heavy (non-hydrogen) atoms. The maximum Gasteiger partial charge on any atom is 0.422 e. The van der Waals surface area contributed by atoms with Crippen molar-refractivity contribution in [3.05, 3.63) is 131 Å². The quantitative estimate of drug-likeness (QED) is 0.131. The van der Waals surface area contributed by atoms with E-state index in [0.29, 0.717) is 20.9 Å². The first kappa shape index (κ1) is 42.5. The molecule has 0 aliphatic rings. The standard InChI is InChI=1S/C7H5ClF3NO.C7H8ClNO.C6H5Cl2N.C6H7NO2.C5H5NO2/c1-13-4-2-3-12-6(8)5(4)7(9,10)11;1-5-6(10-2)3-4-9-7(5)8;1-4-5(7)2-3-9-6(4)8;1-4-5(8)2-3-7-6(4)9;7-4-1-2-6-5(8)3-4/h2-3H,1H3;3-4H,1-2H3;2-3H,1H3;2-3H,1H3,(H2,7,8,9);1-3H,(H2,6,7,8). The third-order valence-corrected chi connectivity index (χ3v) is 7.16. The summed E-state index contributed by atoms with van der Waals surface area (Å²) >= 11 is 22.3. The Morgan fingerprint density at radius 2 is 1.20 bits per heavy atom. The van der Waals surface area contributed by atoms with E-state index in [2.05, 4.69) is 29.7 Å². The van der Waals surface area contributed by atoms with Gasteiger partial charge in [-0.05, 0) is 51.1 Å². The van der Waals surface area contributed by atoms with E-state index in [0.717, 1.165) is 42.3 Å². The molecular formula is C31H30Cl4F3N5O6. The number of aromatic nitrogens is 5. The Balaban J connectivity index is 0.000000309. The van der Waals surface area contributed by atoms with Gasteiger partial charge in [-0.1, -0.05) is 46.4 Å². The molecule has 5 heterocycles. The molecule has 0 aliphatic heterocycles. The Bertz CT molecular complexity index is 1890. The maximum atomic E-state index is 12.3. The molecule has 0 bridgehead atoms. The van der Waals surface area contributed by atoms with Gasteiger partial charge >= 0.3 is 6.18 Å². The highest BCUT2D eigenvalue weighted by atomic mass is 35.5. The number of pyridine rings is 5.